The molecular weight excluding hydrogens is 270 g/mol. The van der Waals surface area contributed by atoms with Crippen LogP contribution in [0, 0.1) is 0 Å². The number of benzene rings is 1. The first-order valence-corrected chi connectivity index (χ1v) is 8.80. The molecule has 0 aliphatic carbocycles. The Balaban J connectivity index is 2.53. The van der Waals surface area contributed by atoms with Crippen molar-refractivity contribution in [1.29, 1.82) is 0 Å². The van der Waals surface area contributed by atoms with Gasteiger partial charge in [0.25, 0.3) is 0 Å². The van der Waals surface area contributed by atoms with Gasteiger partial charge in [0.2, 0.25) is 0 Å². The van der Waals surface area contributed by atoms with Crippen LogP contribution < -0.4 is 10.5 Å². The van der Waals surface area contributed by atoms with Crippen molar-refractivity contribution < 1.29 is 13.2 Å². The largest absolute Gasteiger partial charge is 0.494 e. The molecule has 0 heterocycles. The van der Waals surface area contributed by atoms with E-state index in [1.165, 1.54) is 6.26 Å². The highest BCUT2D eigenvalue weighted by Gasteiger charge is 2.05. The van der Waals surface area contributed by atoms with Crippen molar-refractivity contribution in [3.63, 3.8) is 0 Å². The molecule has 0 unspecified atom stereocenters. The van der Waals surface area contributed by atoms with Gasteiger partial charge in [0.1, 0.15) is 15.6 Å². The highest BCUT2D eigenvalue weighted by Crippen LogP contribution is 2.29. The molecule has 0 bridgehead atoms. The topological polar surface area (TPSA) is 69.4 Å². The lowest BCUT2D eigenvalue weighted by Crippen LogP contribution is -2.03. The molecule has 0 spiro atoms. The second-order valence-corrected chi connectivity index (χ2v) is 7.36. The molecule has 1 aromatic carbocycles. The van der Waals surface area contributed by atoms with Gasteiger partial charge in [0, 0.05) is 16.8 Å². The summed E-state index contributed by atoms with van der Waals surface area (Å²) in [7, 11) is -2.87. The molecule has 0 atom stereocenters. The van der Waals surface area contributed by atoms with E-state index in [0.29, 0.717) is 18.7 Å². The quantitative estimate of drug-likeness (QED) is 0.473. The van der Waals surface area contributed by atoms with E-state index in [-0.39, 0.29) is 5.75 Å². The molecule has 0 saturated heterocycles. The van der Waals surface area contributed by atoms with Gasteiger partial charge in [0.15, 0.2) is 0 Å². The monoisotopic (exact) mass is 289 g/mol. The van der Waals surface area contributed by atoms with Gasteiger partial charge in [-0.3, -0.25) is 0 Å². The Morgan fingerprint density at radius 1 is 1.39 bits per heavy atom. The molecule has 18 heavy (non-hydrogen) atoms. The van der Waals surface area contributed by atoms with Crippen LogP contribution in [0.25, 0.3) is 0 Å². The van der Waals surface area contributed by atoms with E-state index in [1.54, 1.807) is 11.8 Å². The molecule has 102 valence electrons. The van der Waals surface area contributed by atoms with Gasteiger partial charge in [-0.2, -0.15) is 0 Å². The van der Waals surface area contributed by atoms with Crippen LogP contribution in [-0.2, 0) is 9.84 Å². The normalized spacial score (nSPS) is 11.4. The average molecular weight is 289 g/mol. The number of nitrogen functional groups attached to an aromatic ring is 1. The Kier molecular flexibility index (Phi) is 5.81. The highest BCUT2D eigenvalue weighted by molar-refractivity contribution is 7.99. The maximum atomic E-state index is 11.0. The Morgan fingerprint density at radius 2 is 2.11 bits per heavy atom. The number of ether oxygens (including phenoxy) is 1. The molecule has 0 aromatic heterocycles. The van der Waals surface area contributed by atoms with Gasteiger partial charge in [-0.05, 0) is 37.3 Å². The van der Waals surface area contributed by atoms with Gasteiger partial charge >= 0.3 is 0 Å². The van der Waals surface area contributed by atoms with Crippen LogP contribution in [0.1, 0.15) is 13.3 Å². The van der Waals surface area contributed by atoms with Gasteiger partial charge in [-0.15, -0.1) is 11.8 Å². The summed E-state index contributed by atoms with van der Waals surface area (Å²) in [6, 6.07) is 5.53. The molecule has 4 nitrogen and oxygen atoms in total. The summed E-state index contributed by atoms with van der Waals surface area (Å²) in [5.41, 5.74) is 6.56. The predicted octanol–water partition coefficient (Wildman–Crippen LogP) is 2.19. The predicted molar refractivity (Wildman–Crippen MR) is 77.1 cm³/mol. The number of hydrogen-bond acceptors (Lipinski definition) is 5. The average Bonchev–Trinajstić information content (AvgIpc) is 2.27. The minimum Gasteiger partial charge on any atom is -0.494 e. The zero-order valence-electron chi connectivity index (χ0n) is 10.7. The highest BCUT2D eigenvalue weighted by atomic mass is 32.2. The van der Waals surface area contributed by atoms with Crippen LogP contribution >= 0.6 is 11.8 Å². The van der Waals surface area contributed by atoms with E-state index in [0.717, 1.165) is 16.4 Å². The summed E-state index contributed by atoms with van der Waals surface area (Å²) in [5.74, 6) is 1.73. The van der Waals surface area contributed by atoms with E-state index in [4.69, 9.17) is 10.5 Å². The maximum absolute atomic E-state index is 11.0. The third kappa shape index (κ3) is 5.64. The smallest absolute Gasteiger partial charge is 0.147 e. The second kappa shape index (κ2) is 6.89. The number of nitrogens with two attached hydrogens (primary N) is 1. The van der Waals surface area contributed by atoms with E-state index >= 15 is 0 Å². The van der Waals surface area contributed by atoms with Gasteiger partial charge in [0.05, 0.1) is 12.4 Å². The Hall–Kier alpha value is -0.880. The maximum Gasteiger partial charge on any atom is 0.147 e. The summed E-state index contributed by atoms with van der Waals surface area (Å²) in [6.07, 6.45) is 1.88. The minimum atomic E-state index is -2.87. The second-order valence-electron chi connectivity index (χ2n) is 3.96. The summed E-state index contributed by atoms with van der Waals surface area (Å²) in [4.78, 5) is 0.939. The lowest BCUT2D eigenvalue weighted by Gasteiger charge is -2.08. The summed E-state index contributed by atoms with van der Waals surface area (Å²) in [5, 5.41) is 0. The third-order valence-corrected chi connectivity index (χ3v) is 4.40. The molecule has 0 fully saturated rings. The van der Waals surface area contributed by atoms with E-state index in [1.807, 2.05) is 25.1 Å². The molecule has 1 rings (SSSR count). The molecule has 0 aliphatic heterocycles. The summed E-state index contributed by atoms with van der Waals surface area (Å²) in [6.45, 7) is 2.54. The fraction of sp³-hybridized carbons (Fsp3) is 0.500. The molecule has 2 N–H and O–H groups in total. The number of rotatable bonds is 7. The number of thioether (sulfide) groups is 1. The summed E-state index contributed by atoms with van der Waals surface area (Å²) < 4.78 is 27.4. The van der Waals surface area contributed by atoms with Gasteiger partial charge in [-0.1, -0.05) is 0 Å². The van der Waals surface area contributed by atoms with Crippen molar-refractivity contribution in [1.82, 2.24) is 0 Å². The zero-order valence-corrected chi connectivity index (χ0v) is 12.3. The fourth-order valence-corrected chi connectivity index (χ4v) is 3.19. The summed E-state index contributed by atoms with van der Waals surface area (Å²) >= 11 is 1.56. The lowest BCUT2D eigenvalue weighted by molar-refractivity contribution is 0.339. The first kappa shape index (κ1) is 15.2. The lowest BCUT2D eigenvalue weighted by atomic mass is 10.3. The SMILES string of the molecule is CCOc1ccc(N)c(SCCCS(C)(=O)=O)c1. The Bertz CT molecular complexity index is 486. The molecule has 0 saturated carbocycles. The van der Waals surface area contributed by atoms with Crippen LogP contribution in [0.4, 0.5) is 5.69 Å². The van der Waals surface area contributed by atoms with Crippen LogP contribution in [0.15, 0.2) is 23.1 Å². The Morgan fingerprint density at radius 3 is 2.72 bits per heavy atom. The van der Waals surface area contributed by atoms with Crippen LogP contribution in [0.5, 0.6) is 5.75 Å². The van der Waals surface area contributed by atoms with E-state index in [9.17, 15) is 8.42 Å². The molecule has 0 radical (unpaired) electrons. The van der Waals surface area contributed by atoms with Crippen molar-refractivity contribution in [3.8, 4) is 5.75 Å². The number of anilines is 1. The van der Waals surface area contributed by atoms with E-state index < -0.39 is 9.84 Å². The van der Waals surface area contributed by atoms with Crippen LogP contribution in [0.2, 0.25) is 0 Å². The van der Waals surface area contributed by atoms with Crippen LogP contribution in [-0.4, -0.2) is 32.8 Å². The third-order valence-electron chi connectivity index (χ3n) is 2.21. The van der Waals surface area contributed by atoms with Gasteiger partial charge < -0.3 is 10.5 Å². The Labute approximate surface area is 113 Å². The first-order valence-electron chi connectivity index (χ1n) is 5.75. The molecule has 1 aromatic rings. The molecular formula is C12H19NO3S2. The number of sulfone groups is 1. The fourth-order valence-electron chi connectivity index (χ4n) is 1.40. The van der Waals surface area contributed by atoms with Crippen molar-refractivity contribution in [3.05, 3.63) is 18.2 Å². The minimum absolute atomic E-state index is 0.213. The first-order chi connectivity index (χ1) is 8.42. The van der Waals surface area contributed by atoms with Crippen molar-refractivity contribution in [2.24, 2.45) is 0 Å². The van der Waals surface area contributed by atoms with Crippen molar-refractivity contribution in [2.75, 3.05) is 30.1 Å². The van der Waals surface area contributed by atoms with Crippen molar-refractivity contribution >= 4 is 27.3 Å². The van der Waals surface area contributed by atoms with Gasteiger partial charge in [-0.25, -0.2) is 8.42 Å². The number of hydrogen-bond donors (Lipinski definition) is 1. The zero-order chi connectivity index (χ0) is 13.6. The van der Waals surface area contributed by atoms with Crippen molar-refractivity contribution in [2.45, 2.75) is 18.2 Å². The molecule has 0 aliphatic rings. The molecule has 6 heteroatoms. The molecule has 0 amide bonds. The standard InChI is InChI=1S/C12H19NO3S2/c1-3-16-10-5-6-11(13)12(9-10)17-7-4-8-18(2,14)15/h5-6,9H,3-4,7-8,13H2,1-2H3. The van der Waals surface area contributed by atoms with Crippen LogP contribution in [0.3, 0.4) is 0 Å². The van der Waals surface area contributed by atoms with E-state index in [2.05, 4.69) is 0 Å².